The van der Waals surface area contributed by atoms with Gasteiger partial charge in [0.15, 0.2) is 10.5 Å². The molecule has 0 bridgehead atoms. The Morgan fingerprint density at radius 1 is 1.53 bits per heavy atom. The predicted octanol–water partition coefficient (Wildman–Crippen LogP) is -0.226. The van der Waals surface area contributed by atoms with Gasteiger partial charge in [0.2, 0.25) is 0 Å². The number of amides is 1. The maximum Gasteiger partial charge on any atom is 0.420 e. The Kier molecular flexibility index (Phi) is 2.68. The average molecular weight is 256 g/mol. The zero-order valence-corrected chi connectivity index (χ0v) is 9.51. The van der Waals surface area contributed by atoms with Gasteiger partial charge in [-0.05, 0) is 6.07 Å². The molecule has 0 aliphatic rings. The van der Waals surface area contributed by atoms with E-state index in [0.29, 0.717) is 0 Å². The average Bonchev–Trinajstić information content (AvgIpc) is 2.72. The summed E-state index contributed by atoms with van der Waals surface area (Å²) in [5.41, 5.74) is 0.129. The summed E-state index contributed by atoms with van der Waals surface area (Å²) >= 11 is 0. The number of nitrogens with one attached hydrogen (secondary N) is 1. The van der Waals surface area contributed by atoms with Crippen molar-refractivity contribution in [3.05, 3.63) is 24.7 Å². The fraction of sp³-hybridized carbons (Fsp3) is 0.125. The zero-order valence-electron chi connectivity index (χ0n) is 8.69. The van der Waals surface area contributed by atoms with Gasteiger partial charge >= 0.3 is 6.09 Å². The minimum absolute atomic E-state index is 0.129. The summed E-state index contributed by atoms with van der Waals surface area (Å²) in [6.07, 6.45) is 3.00. The lowest BCUT2D eigenvalue weighted by atomic mass is 10.6. The first-order valence-electron chi connectivity index (χ1n) is 4.44. The number of hydrogen-bond donors (Lipinski definition) is 1. The Morgan fingerprint density at radius 3 is 3.00 bits per heavy atom. The molecule has 0 aliphatic heterocycles. The minimum atomic E-state index is -4.03. The molecule has 0 radical (unpaired) electrons. The van der Waals surface area contributed by atoms with Crippen LogP contribution in [-0.4, -0.2) is 36.2 Å². The number of hydrogen-bond acceptors (Lipinski definition) is 6. The topological polar surface area (TPSA) is 103 Å². The van der Waals surface area contributed by atoms with Crippen molar-refractivity contribution in [2.24, 2.45) is 0 Å². The third-order valence-corrected chi connectivity index (χ3v) is 3.24. The number of aromatic nitrogens is 3. The van der Waals surface area contributed by atoms with Crippen molar-refractivity contribution in [3.63, 3.8) is 0 Å². The summed E-state index contributed by atoms with van der Waals surface area (Å²) in [6.45, 7) is 0. The van der Waals surface area contributed by atoms with Crippen molar-refractivity contribution in [1.29, 1.82) is 0 Å². The lowest BCUT2D eigenvalue weighted by molar-refractivity contribution is 0.177. The molecule has 0 aromatic carbocycles. The van der Waals surface area contributed by atoms with E-state index in [1.807, 2.05) is 0 Å². The molecule has 9 heteroatoms. The van der Waals surface area contributed by atoms with E-state index in [1.165, 1.54) is 10.7 Å². The molecule has 0 fully saturated rings. The van der Waals surface area contributed by atoms with Crippen LogP contribution in [0.4, 0.5) is 4.79 Å². The second-order valence-electron chi connectivity index (χ2n) is 2.99. The molecule has 8 nitrogen and oxygen atoms in total. The molecule has 0 saturated heterocycles. The van der Waals surface area contributed by atoms with Crippen LogP contribution in [0.15, 0.2) is 29.6 Å². The fourth-order valence-electron chi connectivity index (χ4n) is 1.20. The maximum absolute atomic E-state index is 11.8. The van der Waals surface area contributed by atoms with Crippen LogP contribution in [0.1, 0.15) is 0 Å². The van der Waals surface area contributed by atoms with Gasteiger partial charge in [-0.1, -0.05) is 0 Å². The monoisotopic (exact) mass is 256 g/mol. The van der Waals surface area contributed by atoms with Gasteiger partial charge in [0.25, 0.3) is 10.0 Å². The van der Waals surface area contributed by atoms with Crippen LogP contribution >= 0.6 is 0 Å². The van der Waals surface area contributed by atoms with Gasteiger partial charge in [-0.3, -0.25) is 0 Å². The molecule has 90 valence electrons. The Hall–Kier alpha value is -2.16. The molecule has 2 aromatic heterocycles. The van der Waals surface area contributed by atoms with Crippen molar-refractivity contribution in [1.82, 2.24) is 19.3 Å². The quantitative estimate of drug-likeness (QED) is 0.796. The van der Waals surface area contributed by atoms with Crippen LogP contribution in [0.25, 0.3) is 5.65 Å². The summed E-state index contributed by atoms with van der Waals surface area (Å²) < 4.78 is 30.8. The molecule has 0 spiro atoms. The van der Waals surface area contributed by atoms with Gasteiger partial charge in [0, 0.05) is 12.4 Å². The number of methoxy groups -OCH3 is 1. The summed E-state index contributed by atoms with van der Waals surface area (Å²) in [5.74, 6) is 0. The van der Waals surface area contributed by atoms with Gasteiger partial charge in [-0.25, -0.2) is 27.4 Å². The van der Waals surface area contributed by atoms with Gasteiger partial charge in [-0.15, -0.1) is 0 Å². The Labute approximate surface area is 96.3 Å². The first-order chi connectivity index (χ1) is 8.04. The highest BCUT2D eigenvalue weighted by Gasteiger charge is 2.23. The maximum atomic E-state index is 11.8. The van der Waals surface area contributed by atoms with Crippen LogP contribution < -0.4 is 4.72 Å². The van der Waals surface area contributed by atoms with Crippen molar-refractivity contribution in [2.45, 2.75) is 4.90 Å². The Morgan fingerprint density at radius 2 is 2.29 bits per heavy atom. The zero-order chi connectivity index (χ0) is 12.5. The van der Waals surface area contributed by atoms with E-state index in [1.54, 1.807) is 17.0 Å². The largest absolute Gasteiger partial charge is 0.452 e. The number of fused-ring (bicyclic) bond motifs is 1. The Balaban J connectivity index is 2.50. The van der Waals surface area contributed by atoms with E-state index in [0.717, 1.165) is 13.3 Å². The van der Waals surface area contributed by atoms with Crippen molar-refractivity contribution in [3.8, 4) is 0 Å². The van der Waals surface area contributed by atoms with E-state index in [9.17, 15) is 13.2 Å². The molecule has 0 unspecified atom stereocenters. The minimum Gasteiger partial charge on any atom is -0.452 e. The first-order valence-corrected chi connectivity index (χ1v) is 5.92. The standard InChI is InChI=1S/C8H8N4O4S/c1-16-8(13)11-17(14,15)6-5-10-12-4-2-3-9-7(6)12/h2-5H,1H3,(H,11,13). The van der Waals surface area contributed by atoms with E-state index in [4.69, 9.17) is 0 Å². The molecular formula is C8H8N4O4S. The molecular weight excluding hydrogens is 248 g/mol. The van der Waals surface area contributed by atoms with Crippen molar-refractivity contribution >= 4 is 21.8 Å². The summed E-state index contributed by atoms with van der Waals surface area (Å²) in [5, 5.41) is 3.80. The number of sulfonamides is 1. The molecule has 2 heterocycles. The lowest BCUT2D eigenvalue weighted by Gasteiger charge is -2.02. The highest BCUT2D eigenvalue weighted by Crippen LogP contribution is 2.13. The van der Waals surface area contributed by atoms with Gasteiger partial charge in [-0.2, -0.15) is 5.10 Å². The van der Waals surface area contributed by atoms with E-state index in [-0.39, 0.29) is 10.5 Å². The predicted molar refractivity (Wildman–Crippen MR) is 55.7 cm³/mol. The number of nitrogens with zero attached hydrogens (tertiary/aromatic N) is 3. The smallest absolute Gasteiger partial charge is 0.420 e. The summed E-state index contributed by atoms with van der Waals surface area (Å²) in [4.78, 5) is 14.6. The highest BCUT2D eigenvalue weighted by molar-refractivity contribution is 7.90. The van der Waals surface area contributed by atoms with Crippen LogP contribution in [0.5, 0.6) is 0 Å². The number of carbonyl (C=O) groups excluding carboxylic acids is 1. The molecule has 1 amide bonds. The number of rotatable bonds is 2. The third kappa shape index (κ3) is 2.04. The van der Waals surface area contributed by atoms with Crippen LogP contribution in [0.2, 0.25) is 0 Å². The van der Waals surface area contributed by atoms with Crippen LogP contribution in [0.3, 0.4) is 0 Å². The molecule has 2 rings (SSSR count). The van der Waals surface area contributed by atoms with Crippen molar-refractivity contribution in [2.75, 3.05) is 7.11 Å². The molecule has 0 atom stereocenters. The molecule has 0 aliphatic carbocycles. The highest BCUT2D eigenvalue weighted by atomic mass is 32.2. The fourth-order valence-corrected chi connectivity index (χ4v) is 2.19. The van der Waals surface area contributed by atoms with Gasteiger partial charge in [0.05, 0.1) is 13.3 Å². The SMILES string of the molecule is COC(=O)NS(=O)(=O)c1cnn2cccnc12. The summed E-state index contributed by atoms with van der Waals surface area (Å²) in [7, 11) is -2.96. The van der Waals surface area contributed by atoms with E-state index >= 15 is 0 Å². The van der Waals surface area contributed by atoms with Crippen molar-refractivity contribution < 1.29 is 17.9 Å². The second kappa shape index (κ2) is 4.01. The number of carbonyl (C=O) groups is 1. The molecule has 17 heavy (non-hydrogen) atoms. The van der Waals surface area contributed by atoms with E-state index < -0.39 is 16.1 Å². The van der Waals surface area contributed by atoms with Crippen LogP contribution in [-0.2, 0) is 14.8 Å². The Bertz CT molecular complexity index is 663. The second-order valence-corrected chi connectivity index (χ2v) is 4.64. The number of ether oxygens (including phenoxy) is 1. The molecule has 0 saturated carbocycles. The van der Waals surface area contributed by atoms with Gasteiger partial charge in [0.1, 0.15) is 0 Å². The van der Waals surface area contributed by atoms with E-state index in [2.05, 4.69) is 14.8 Å². The lowest BCUT2D eigenvalue weighted by Crippen LogP contribution is -2.30. The normalized spacial score (nSPS) is 11.4. The molecule has 2 aromatic rings. The summed E-state index contributed by atoms with van der Waals surface area (Å²) in [6, 6.07) is 1.60. The third-order valence-electron chi connectivity index (χ3n) is 1.94. The first kappa shape index (κ1) is 11.3. The molecule has 1 N–H and O–H groups in total. The van der Waals surface area contributed by atoms with Gasteiger partial charge < -0.3 is 4.74 Å². The van der Waals surface area contributed by atoms with Crippen LogP contribution in [0, 0.1) is 0 Å².